The smallest absolute Gasteiger partial charge is 0.224 e. The van der Waals surface area contributed by atoms with E-state index in [1.165, 1.54) is 0 Å². The summed E-state index contributed by atoms with van der Waals surface area (Å²) in [6, 6.07) is 4.01. The third-order valence-corrected chi connectivity index (χ3v) is 3.60. The maximum Gasteiger partial charge on any atom is 0.224 e. The minimum absolute atomic E-state index is 0.0424. The SMILES string of the molecule is CCC(CN)CC(=O)Nc1c(C)cc(Br)cc1C. The molecule has 0 bridgehead atoms. The number of aryl methyl sites for hydroxylation is 2. The number of hydrogen-bond donors (Lipinski definition) is 2. The van der Waals surface area contributed by atoms with Crippen molar-refractivity contribution in [2.45, 2.75) is 33.6 Å². The van der Waals surface area contributed by atoms with Crippen molar-refractivity contribution in [2.24, 2.45) is 11.7 Å². The molecule has 0 aliphatic heterocycles. The summed E-state index contributed by atoms with van der Waals surface area (Å²) in [7, 11) is 0. The van der Waals surface area contributed by atoms with Gasteiger partial charge in [-0.05, 0) is 49.6 Å². The average molecular weight is 313 g/mol. The molecule has 0 aromatic heterocycles. The van der Waals surface area contributed by atoms with Crippen LogP contribution in [-0.4, -0.2) is 12.5 Å². The second-order valence-electron chi connectivity index (χ2n) is 4.68. The second kappa shape index (κ2) is 6.90. The van der Waals surface area contributed by atoms with Crippen LogP contribution in [0.1, 0.15) is 30.9 Å². The Bertz CT molecular complexity index is 405. The first kappa shape index (κ1) is 15.2. The molecule has 1 rings (SSSR count). The second-order valence-corrected chi connectivity index (χ2v) is 5.59. The van der Waals surface area contributed by atoms with E-state index in [2.05, 4.69) is 28.2 Å². The van der Waals surface area contributed by atoms with E-state index in [0.717, 1.165) is 27.7 Å². The lowest BCUT2D eigenvalue weighted by molar-refractivity contribution is -0.117. The topological polar surface area (TPSA) is 55.1 Å². The minimum Gasteiger partial charge on any atom is -0.330 e. The molecule has 1 unspecified atom stereocenters. The lowest BCUT2D eigenvalue weighted by Crippen LogP contribution is -2.22. The number of carbonyl (C=O) groups excluding carboxylic acids is 1. The van der Waals surface area contributed by atoms with Gasteiger partial charge in [-0.1, -0.05) is 29.3 Å². The molecular weight excluding hydrogens is 292 g/mol. The number of benzene rings is 1. The molecule has 0 fully saturated rings. The molecule has 1 amide bonds. The fourth-order valence-electron chi connectivity index (χ4n) is 1.95. The molecular formula is C14H21BrN2O. The van der Waals surface area contributed by atoms with E-state index >= 15 is 0 Å². The molecule has 0 saturated heterocycles. The standard InChI is InChI=1S/C14H21BrN2O/c1-4-11(8-16)7-13(18)17-14-9(2)5-12(15)6-10(14)3/h5-6,11H,4,7-8,16H2,1-3H3,(H,17,18). The fourth-order valence-corrected chi connectivity index (χ4v) is 2.64. The van der Waals surface area contributed by atoms with E-state index in [4.69, 9.17) is 5.73 Å². The van der Waals surface area contributed by atoms with Gasteiger partial charge in [-0.3, -0.25) is 4.79 Å². The minimum atomic E-state index is 0.0424. The molecule has 0 radical (unpaired) electrons. The van der Waals surface area contributed by atoms with E-state index in [1.807, 2.05) is 26.0 Å². The Morgan fingerprint density at radius 2 is 1.94 bits per heavy atom. The normalized spacial score (nSPS) is 12.3. The van der Waals surface area contributed by atoms with E-state index < -0.39 is 0 Å². The highest BCUT2D eigenvalue weighted by molar-refractivity contribution is 9.10. The third kappa shape index (κ3) is 4.10. The van der Waals surface area contributed by atoms with Crippen LogP contribution in [0, 0.1) is 19.8 Å². The highest BCUT2D eigenvalue weighted by Gasteiger charge is 2.13. The first-order valence-corrected chi connectivity index (χ1v) is 7.03. The summed E-state index contributed by atoms with van der Waals surface area (Å²) in [5, 5.41) is 2.99. The van der Waals surface area contributed by atoms with Crippen LogP contribution in [-0.2, 0) is 4.79 Å². The summed E-state index contributed by atoms with van der Waals surface area (Å²) in [5.41, 5.74) is 8.66. The van der Waals surface area contributed by atoms with Crippen LogP contribution in [0.5, 0.6) is 0 Å². The predicted octanol–water partition coefficient (Wildman–Crippen LogP) is 3.38. The Morgan fingerprint density at radius 3 is 2.39 bits per heavy atom. The number of anilines is 1. The highest BCUT2D eigenvalue weighted by atomic mass is 79.9. The van der Waals surface area contributed by atoms with Crippen LogP contribution in [0.4, 0.5) is 5.69 Å². The molecule has 0 spiro atoms. The first-order chi connectivity index (χ1) is 8.47. The van der Waals surface area contributed by atoms with E-state index in [9.17, 15) is 4.79 Å². The van der Waals surface area contributed by atoms with Gasteiger partial charge in [0, 0.05) is 16.6 Å². The van der Waals surface area contributed by atoms with Gasteiger partial charge in [0.1, 0.15) is 0 Å². The van der Waals surface area contributed by atoms with Crippen molar-refractivity contribution < 1.29 is 4.79 Å². The number of nitrogens with two attached hydrogens (primary N) is 1. The Hall–Kier alpha value is -0.870. The van der Waals surface area contributed by atoms with Crippen molar-refractivity contribution in [1.29, 1.82) is 0 Å². The van der Waals surface area contributed by atoms with Gasteiger partial charge in [-0.25, -0.2) is 0 Å². The van der Waals surface area contributed by atoms with Gasteiger partial charge in [0.2, 0.25) is 5.91 Å². The molecule has 100 valence electrons. The molecule has 0 aliphatic carbocycles. The van der Waals surface area contributed by atoms with Crippen LogP contribution in [0.3, 0.4) is 0 Å². The number of rotatable bonds is 5. The molecule has 3 nitrogen and oxygen atoms in total. The maximum absolute atomic E-state index is 12.0. The lowest BCUT2D eigenvalue weighted by atomic mass is 10.0. The number of carbonyl (C=O) groups is 1. The quantitative estimate of drug-likeness (QED) is 0.875. The van der Waals surface area contributed by atoms with Crippen LogP contribution in [0.15, 0.2) is 16.6 Å². The predicted molar refractivity (Wildman–Crippen MR) is 79.7 cm³/mol. The van der Waals surface area contributed by atoms with E-state index in [-0.39, 0.29) is 11.8 Å². The van der Waals surface area contributed by atoms with E-state index in [1.54, 1.807) is 0 Å². The summed E-state index contributed by atoms with van der Waals surface area (Å²) in [6.07, 6.45) is 1.42. The maximum atomic E-state index is 12.0. The summed E-state index contributed by atoms with van der Waals surface area (Å²) >= 11 is 3.45. The number of nitrogens with one attached hydrogen (secondary N) is 1. The fraction of sp³-hybridized carbons (Fsp3) is 0.500. The third-order valence-electron chi connectivity index (χ3n) is 3.15. The Kier molecular flexibility index (Phi) is 5.82. The Labute approximate surface area is 117 Å². The number of amides is 1. The largest absolute Gasteiger partial charge is 0.330 e. The Morgan fingerprint density at radius 1 is 1.39 bits per heavy atom. The van der Waals surface area contributed by atoms with Gasteiger partial charge in [0.25, 0.3) is 0 Å². The van der Waals surface area contributed by atoms with Crippen molar-refractivity contribution in [2.75, 3.05) is 11.9 Å². The number of halogens is 1. The average Bonchev–Trinajstić information content (AvgIpc) is 2.30. The summed E-state index contributed by atoms with van der Waals surface area (Å²) in [6.45, 7) is 6.60. The zero-order chi connectivity index (χ0) is 13.7. The van der Waals surface area contributed by atoms with Crippen molar-refractivity contribution in [3.05, 3.63) is 27.7 Å². The van der Waals surface area contributed by atoms with Crippen LogP contribution >= 0.6 is 15.9 Å². The van der Waals surface area contributed by atoms with Gasteiger partial charge in [-0.2, -0.15) is 0 Å². The van der Waals surface area contributed by atoms with Gasteiger partial charge in [0.15, 0.2) is 0 Å². The molecule has 0 heterocycles. The van der Waals surface area contributed by atoms with Gasteiger partial charge in [0.05, 0.1) is 0 Å². The highest BCUT2D eigenvalue weighted by Crippen LogP contribution is 2.25. The molecule has 0 saturated carbocycles. The molecule has 0 aliphatic rings. The Balaban J connectivity index is 2.76. The monoisotopic (exact) mass is 312 g/mol. The molecule has 1 aromatic rings. The van der Waals surface area contributed by atoms with Crippen LogP contribution in [0.25, 0.3) is 0 Å². The van der Waals surface area contributed by atoms with Crippen molar-refractivity contribution in [3.8, 4) is 0 Å². The zero-order valence-corrected chi connectivity index (χ0v) is 12.8. The number of hydrogen-bond acceptors (Lipinski definition) is 2. The van der Waals surface area contributed by atoms with Crippen LogP contribution in [0.2, 0.25) is 0 Å². The van der Waals surface area contributed by atoms with Gasteiger partial charge >= 0.3 is 0 Å². The molecule has 4 heteroatoms. The van der Waals surface area contributed by atoms with Gasteiger partial charge < -0.3 is 11.1 Å². The molecule has 1 atom stereocenters. The summed E-state index contributed by atoms with van der Waals surface area (Å²) < 4.78 is 1.03. The van der Waals surface area contributed by atoms with E-state index in [0.29, 0.717) is 13.0 Å². The molecule has 1 aromatic carbocycles. The summed E-state index contributed by atoms with van der Waals surface area (Å²) in [5.74, 6) is 0.307. The molecule has 18 heavy (non-hydrogen) atoms. The summed E-state index contributed by atoms with van der Waals surface area (Å²) in [4.78, 5) is 12.0. The lowest BCUT2D eigenvalue weighted by Gasteiger charge is -2.15. The zero-order valence-electron chi connectivity index (χ0n) is 11.2. The first-order valence-electron chi connectivity index (χ1n) is 6.24. The van der Waals surface area contributed by atoms with Crippen molar-refractivity contribution in [3.63, 3.8) is 0 Å². The van der Waals surface area contributed by atoms with Crippen LogP contribution < -0.4 is 11.1 Å². The van der Waals surface area contributed by atoms with Gasteiger partial charge in [-0.15, -0.1) is 0 Å². The van der Waals surface area contributed by atoms with Crippen molar-refractivity contribution >= 4 is 27.5 Å². The molecule has 3 N–H and O–H groups in total. The van der Waals surface area contributed by atoms with Crippen molar-refractivity contribution in [1.82, 2.24) is 0 Å².